The van der Waals surface area contributed by atoms with Crippen LogP contribution in [-0.4, -0.2) is 48.1 Å². The van der Waals surface area contributed by atoms with Crippen molar-refractivity contribution in [2.45, 2.75) is 13.0 Å². The molecule has 0 unspecified atom stereocenters. The lowest BCUT2D eigenvalue weighted by atomic mass is 10.1. The first-order valence-electron chi connectivity index (χ1n) is 5.86. The Morgan fingerprint density at radius 1 is 1.40 bits per heavy atom. The number of rotatable bonds is 4. The van der Waals surface area contributed by atoms with Gasteiger partial charge < -0.3 is 9.88 Å². The molecule has 1 aromatic heterocycles. The molecule has 0 spiro atoms. The molecule has 20 heavy (non-hydrogen) atoms. The fourth-order valence-electron chi connectivity index (χ4n) is 1.95. The van der Waals surface area contributed by atoms with E-state index >= 15 is 0 Å². The SMILES string of the molecule is CC(=O)c1cc(C(=O)NC2CN(S(=O)(=O)F)C2)n(C)c1. The van der Waals surface area contributed by atoms with Crippen molar-refractivity contribution >= 4 is 22.1 Å². The van der Waals surface area contributed by atoms with Crippen molar-refractivity contribution in [3.63, 3.8) is 0 Å². The van der Waals surface area contributed by atoms with E-state index in [1.54, 1.807) is 7.05 Å². The number of ketones is 1. The molecular weight excluding hydrogens is 289 g/mol. The quantitative estimate of drug-likeness (QED) is 0.619. The molecule has 0 aromatic carbocycles. The molecule has 1 fully saturated rings. The third-order valence-electron chi connectivity index (χ3n) is 3.14. The Hall–Kier alpha value is -1.74. The van der Waals surface area contributed by atoms with Crippen molar-refractivity contribution in [2.24, 2.45) is 7.05 Å². The lowest BCUT2D eigenvalue weighted by Crippen LogP contribution is -2.60. The third-order valence-corrected chi connectivity index (χ3v) is 4.05. The van der Waals surface area contributed by atoms with Crippen LogP contribution in [0.1, 0.15) is 27.8 Å². The minimum absolute atomic E-state index is 0.0887. The zero-order chi connectivity index (χ0) is 15.1. The standard InChI is InChI=1S/C11H14FN3O4S/c1-7(16)8-3-10(14(2)4-8)11(17)13-9-5-15(6-9)20(12,18)19/h3-4,9H,5-6H2,1-2H3,(H,13,17). The Morgan fingerprint density at radius 2 is 2.00 bits per heavy atom. The summed E-state index contributed by atoms with van der Waals surface area (Å²) in [4.78, 5) is 23.2. The summed E-state index contributed by atoms with van der Waals surface area (Å²) < 4.78 is 35.8. The average molecular weight is 303 g/mol. The highest BCUT2D eigenvalue weighted by Gasteiger charge is 2.36. The molecule has 7 nitrogen and oxygen atoms in total. The van der Waals surface area contributed by atoms with E-state index in [0.29, 0.717) is 9.87 Å². The number of carbonyl (C=O) groups excluding carboxylic acids is 2. The van der Waals surface area contributed by atoms with Gasteiger partial charge in [-0.3, -0.25) is 9.59 Å². The van der Waals surface area contributed by atoms with Gasteiger partial charge in [0.05, 0.1) is 6.04 Å². The normalized spacial score (nSPS) is 16.8. The highest BCUT2D eigenvalue weighted by molar-refractivity contribution is 7.84. The minimum Gasteiger partial charge on any atom is -0.346 e. The summed E-state index contributed by atoms with van der Waals surface area (Å²) >= 11 is 0. The van der Waals surface area contributed by atoms with Crippen LogP contribution in [0, 0.1) is 0 Å². The van der Waals surface area contributed by atoms with E-state index in [9.17, 15) is 21.9 Å². The first kappa shape index (κ1) is 14.7. The van der Waals surface area contributed by atoms with Gasteiger partial charge in [-0.1, -0.05) is 3.89 Å². The maximum atomic E-state index is 12.6. The largest absolute Gasteiger partial charge is 0.374 e. The van der Waals surface area contributed by atoms with Gasteiger partial charge in [0.2, 0.25) is 0 Å². The molecule has 1 saturated heterocycles. The molecule has 0 aliphatic carbocycles. The Morgan fingerprint density at radius 3 is 2.45 bits per heavy atom. The van der Waals surface area contributed by atoms with Crippen molar-refractivity contribution in [1.29, 1.82) is 0 Å². The number of hydrogen-bond donors (Lipinski definition) is 1. The molecule has 9 heteroatoms. The molecule has 2 heterocycles. The van der Waals surface area contributed by atoms with E-state index < -0.39 is 22.4 Å². The van der Waals surface area contributed by atoms with Crippen LogP contribution < -0.4 is 5.32 Å². The van der Waals surface area contributed by atoms with Gasteiger partial charge in [0.25, 0.3) is 5.91 Å². The molecule has 1 amide bonds. The Balaban J connectivity index is 1.99. The van der Waals surface area contributed by atoms with E-state index in [-0.39, 0.29) is 24.6 Å². The number of Topliss-reactive ketones (excluding diaryl/α,β-unsaturated/α-hetero) is 1. The van der Waals surface area contributed by atoms with E-state index in [0.717, 1.165) is 0 Å². The summed E-state index contributed by atoms with van der Waals surface area (Å²) in [6.45, 7) is 1.22. The van der Waals surface area contributed by atoms with Crippen LogP contribution >= 0.6 is 0 Å². The van der Waals surface area contributed by atoms with Gasteiger partial charge in [-0.2, -0.15) is 12.7 Å². The molecule has 1 N–H and O–H groups in total. The molecule has 2 rings (SSSR count). The lowest BCUT2D eigenvalue weighted by molar-refractivity contribution is 0.0884. The van der Waals surface area contributed by atoms with Crippen LogP contribution in [0.3, 0.4) is 0 Å². The smallest absolute Gasteiger partial charge is 0.346 e. The van der Waals surface area contributed by atoms with Gasteiger partial charge in [-0.15, -0.1) is 0 Å². The molecule has 0 radical (unpaired) electrons. The van der Waals surface area contributed by atoms with E-state index in [1.165, 1.54) is 23.8 Å². The summed E-state index contributed by atoms with van der Waals surface area (Å²) in [7, 11) is -3.06. The number of nitrogens with one attached hydrogen (secondary N) is 1. The minimum atomic E-state index is -4.68. The van der Waals surface area contributed by atoms with E-state index in [4.69, 9.17) is 0 Å². The Labute approximate surface area is 115 Å². The first-order chi connectivity index (χ1) is 9.18. The van der Waals surface area contributed by atoms with Gasteiger partial charge >= 0.3 is 10.4 Å². The average Bonchev–Trinajstić information content (AvgIpc) is 2.63. The van der Waals surface area contributed by atoms with Crippen LogP contribution in [0.5, 0.6) is 0 Å². The van der Waals surface area contributed by atoms with Gasteiger partial charge in [-0.05, 0) is 13.0 Å². The molecule has 110 valence electrons. The fourth-order valence-corrected chi connectivity index (χ4v) is 2.67. The van der Waals surface area contributed by atoms with Crippen LogP contribution in [-0.2, 0) is 17.5 Å². The van der Waals surface area contributed by atoms with Crippen LogP contribution in [0.2, 0.25) is 0 Å². The second kappa shape index (κ2) is 4.98. The molecule has 1 aromatic rings. The summed E-state index contributed by atoms with van der Waals surface area (Å²) in [5.74, 6) is -0.584. The highest BCUT2D eigenvalue weighted by atomic mass is 32.3. The number of nitrogens with zero attached hydrogens (tertiary/aromatic N) is 2. The summed E-state index contributed by atoms with van der Waals surface area (Å²) in [6.07, 6.45) is 1.54. The van der Waals surface area contributed by atoms with Gasteiger partial charge in [0.15, 0.2) is 5.78 Å². The topological polar surface area (TPSA) is 88.5 Å². The van der Waals surface area contributed by atoms with Crippen molar-refractivity contribution < 1.29 is 21.9 Å². The number of halogens is 1. The monoisotopic (exact) mass is 303 g/mol. The van der Waals surface area contributed by atoms with Crippen LogP contribution in [0.15, 0.2) is 12.3 Å². The van der Waals surface area contributed by atoms with Crippen molar-refractivity contribution in [3.05, 3.63) is 23.5 Å². The van der Waals surface area contributed by atoms with Crippen molar-refractivity contribution in [3.8, 4) is 0 Å². The summed E-state index contributed by atoms with van der Waals surface area (Å²) in [5.41, 5.74) is 0.705. The second-order valence-corrected chi connectivity index (χ2v) is 6.05. The molecule has 1 aliphatic heterocycles. The zero-order valence-corrected chi connectivity index (χ0v) is 11.8. The van der Waals surface area contributed by atoms with Gasteiger partial charge in [0, 0.05) is 31.9 Å². The maximum Gasteiger partial charge on any atom is 0.374 e. The number of amides is 1. The molecule has 0 saturated carbocycles. The molecule has 1 aliphatic rings. The van der Waals surface area contributed by atoms with Crippen LogP contribution in [0.25, 0.3) is 0 Å². The Kier molecular flexibility index (Phi) is 3.65. The predicted molar refractivity (Wildman–Crippen MR) is 68.3 cm³/mol. The van der Waals surface area contributed by atoms with Gasteiger partial charge in [0.1, 0.15) is 5.69 Å². The first-order valence-corrected chi connectivity index (χ1v) is 7.20. The van der Waals surface area contributed by atoms with Gasteiger partial charge in [-0.25, -0.2) is 0 Å². The number of carbonyl (C=O) groups is 2. The molecular formula is C11H14FN3O4S. The van der Waals surface area contributed by atoms with E-state index in [2.05, 4.69) is 5.32 Å². The van der Waals surface area contributed by atoms with Crippen LogP contribution in [0.4, 0.5) is 3.89 Å². The summed E-state index contributed by atoms with van der Waals surface area (Å²) in [5, 5.41) is 2.58. The molecule has 0 bridgehead atoms. The number of aryl methyl sites for hydroxylation is 1. The number of hydrogen-bond acceptors (Lipinski definition) is 4. The highest BCUT2D eigenvalue weighted by Crippen LogP contribution is 2.15. The second-order valence-electron chi connectivity index (χ2n) is 4.71. The molecule has 0 atom stereocenters. The maximum absolute atomic E-state index is 12.6. The summed E-state index contributed by atoms with van der Waals surface area (Å²) in [6, 6.07) is 1.03. The van der Waals surface area contributed by atoms with E-state index in [1.807, 2.05) is 0 Å². The predicted octanol–water partition coefficient (Wildman–Crippen LogP) is -0.144. The van der Waals surface area contributed by atoms with Crippen molar-refractivity contribution in [1.82, 2.24) is 14.2 Å². The lowest BCUT2D eigenvalue weighted by Gasteiger charge is -2.35. The Bertz CT molecular complexity index is 661. The third kappa shape index (κ3) is 2.88. The zero-order valence-electron chi connectivity index (χ0n) is 11.0. The van der Waals surface area contributed by atoms with Crippen molar-refractivity contribution in [2.75, 3.05) is 13.1 Å². The fraction of sp³-hybridized carbons (Fsp3) is 0.455. The number of aromatic nitrogens is 1.